The Bertz CT molecular complexity index is 651. The average Bonchev–Trinajstić information content (AvgIpc) is 3.25. The van der Waals surface area contributed by atoms with Crippen molar-refractivity contribution in [1.82, 2.24) is 9.38 Å². The Labute approximate surface area is 104 Å². The minimum absolute atomic E-state index is 0.409. The smallest absolute Gasteiger partial charge is 0.337 e. The van der Waals surface area contributed by atoms with Crippen LogP contribution in [0.4, 0.5) is 0 Å². The highest BCUT2D eigenvalue weighted by atomic mass is 16.4. The van der Waals surface area contributed by atoms with Crippen LogP contribution in [0.5, 0.6) is 0 Å². The number of carboxylic acids is 1. The summed E-state index contributed by atoms with van der Waals surface area (Å²) in [7, 11) is 0. The van der Waals surface area contributed by atoms with Crippen LogP contribution >= 0.6 is 0 Å². The second-order valence-electron chi connectivity index (χ2n) is 5.36. The molecule has 2 aliphatic rings. The van der Waals surface area contributed by atoms with Gasteiger partial charge in [-0.1, -0.05) is 0 Å². The number of imidazole rings is 1. The third-order valence-electron chi connectivity index (χ3n) is 3.89. The van der Waals surface area contributed by atoms with Gasteiger partial charge in [0.1, 0.15) is 5.82 Å². The van der Waals surface area contributed by atoms with Crippen molar-refractivity contribution >= 4 is 11.5 Å². The van der Waals surface area contributed by atoms with Crippen molar-refractivity contribution in [2.45, 2.75) is 37.5 Å². The molecule has 0 unspecified atom stereocenters. The summed E-state index contributed by atoms with van der Waals surface area (Å²) in [4.78, 5) is 15.9. The van der Waals surface area contributed by atoms with Gasteiger partial charge < -0.3 is 5.11 Å². The predicted octanol–water partition coefficient (Wildman–Crippen LogP) is 2.79. The molecule has 4 nitrogen and oxygen atoms in total. The summed E-state index contributed by atoms with van der Waals surface area (Å²) in [6, 6.07) is 3.60. The lowest BCUT2D eigenvalue weighted by atomic mass is 10.1. The average molecular weight is 242 g/mol. The standard InChI is InChI=1S/C14H14N2O2/c17-14(18)11-6-5-10-7-15-13(9-3-4-9)16(10)12(11)8-1-2-8/h5-9H,1-4H2,(H,17,18). The molecule has 2 saturated carbocycles. The van der Waals surface area contributed by atoms with E-state index in [1.54, 1.807) is 6.07 Å². The van der Waals surface area contributed by atoms with E-state index in [2.05, 4.69) is 9.38 Å². The Morgan fingerprint density at radius 1 is 1.22 bits per heavy atom. The Kier molecular flexibility index (Phi) is 1.88. The fourth-order valence-electron chi connectivity index (χ4n) is 2.70. The van der Waals surface area contributed by atoms with Crippen LogP contribution in [0.2, 0.25) is 0 Å². The predicted molar refractivity (Wildman–Crippen MR) is 66.1 cm³/mol. The van der Waals surface area contributed by atoms with Crippen LogP contribution < -0.4 is 0 Å². The first-order valence-electron chi connectivity index (χ1n) is 6.49. The van der Waals surface area contributed by atoms with E-state index in [-0.39, 0.29) is 0 Å². The van der Waals surface area contributed by atoms with Gasteiger partial charge in [-0.25, -0.2) is 9.78 Å². The van der Waals surface area contributed by atoms with Gasteiger partial charge in [0.15, 0.2) is 0 Å². The molecule has 0 spiro atoms. The lowest BCUT2D eigenvalue weighted by Crippen LogP contribution is -2.09. The van der Waals surface area contributed by atoms with E-state index < -0.39 is 5.97 Å². The van der Waals surface area contributed by atoms with E-state index in [9.17, 15) is 9.90 Å². The van der Waals surface area contributed by atoms with Gasteiger partial charge in [-0.15, -0.1) is 0 Å². The van der Waals surface area contributed by atoms with Crippen LogP contribution in [0.1, 0.15) is 59.4 Å². The fraction of sp³-hybridized carbons (Fsp3) is 0.429. The summed E-state index contributed by atoms with van der Waals surface area (Å²) in [5.74, 6) is 1.18. The number of carbonyl (C=O) groups is 1. The highest BCUT2D eigenvalue weighted by molar-refractivity contribution is 5.90. The maximum atomic E-state index is 11.4. The molecular weight excluding hydrogens is 228 g/mol. The second-order valence-corrected chi connectivity index (χ2v) is 5.36. The first-order chi connectivity index (χ1) is 8.75. The molecule has 18 heavy (non-hydrogen) atoms. The van der Waals surface area contributed by atoms with Crippen molar-refractivity contribution in [3.8, 4) is 0 Å². The number of hydrogen-bond donors (Lipinski definition) is 1. The van der Waals surface area contributed by atoms with Crippen LogP contribution in [-0.4, -0.2) is 20.5 Å². The van der Waals surface area contributed by atoms with Crippen molar-refractivity contribution in [2.24, 2.45) is 0 Å². The molecule has 92 valence electrons. The number of aromatic nitrogens is 2. The van der Waals surface area contributed by atoms with Gasteiger partial charge in [-0.2, -0.15) is 0 Å². The molecule has 4 heteroatoms. The van der Waals surface area contributed by atoms with E-state index in [1.807, 2.05) is 12.3 Å². The van der Waals surface area contributed by atoms with E-state index in [1.165, 1.54) is 12.8 Å². The van der Waals surface area contributed by atoms with E-state index in [4.69, 9.17) is 0 Å². The quantitative estimate of drug-likeness (QED) is 0.900. The minimum atomic E-state index is -0.825. The molecule has 0 bridgehead atoms. The van der Waals surface area contributed by atoms with Crippen LogP contribution in [0.25, 0.3) is 5.52 Å². The van der Waals surface area contributed by atoms with Gasteiger partial charge in [-0.05, 0) is 37.8 Å². The Morgan fingerprint density at radius 3 is 2.56 bits per heavy atom. The summed E-state index contributed by atoms with van der Waals surface area (Å²) in [6.45, 7) is 0. The molecule has 2 aliphatic carbocycles. The van der Waals surface area contributed by atoms with Gasteiger partial charge in [-0.3, -0.25) is 4.40 Å². The SMILES string of the molecule is O=C(O)c1ccc2cnc(C3CC3)n2c1C1CC1. The Morgan fingerprint density at radius 2 is 1.94 bits per heavy atom. The van der Waals surface area contributed by atoms with Crippen LogP contribution in [0.15, 0.2) is 18.3 Å². The van der Waals surface area contributed by atoms with Crippen LogP contribution in [-0.2, 0) is 0 Å². The van der Waals surface area contributed by atoms with Gasteiger partial charge in [0, 0.05) is 17.5 Å². The molecule has 1 N–H and O–H groups in total. The molecule has 2 heterocycles. The monoisotopic (exact) mass is 242 g/mol. The van der Waals surface area contributed by atoms with Gasteiger partial charge >= 0.3 is 5.97 Å². The van der Waals surface area contributed by atoms with Gasteiger partial charge in [0.05, 0.1) is 17.3 Å². The zero-order valence-electron chi connectivity index (χ0n) is 9.97. The Balaban J connectivity index is 2.04. The van der Waals surface area contributed by atoms with Crippen LogP contribution in [0.3, 0.4) is 0 Å². The summed E-state index contributed by atoms with van der Waals surface area (Å²) in [6.07, 6.45) is 6.43. The maximum Gasteiger partial charge on any atom is 0.337 e. The molecule has 0 atom stereocenters. The zero-order chi connectivity index (χ0) is 12.3. The molecule has 0 radical (unpaired) electrons. The van der Waals surface area contributed by atoms with Gasteiger partial charge in [0.25, 0.3) is 0 Å². The van der Waals surface area contributed by atoms with Crippen molar-refractivity contribution in [3.63, 3.8) is 0 Å². The molecule has 0 amide bonds. The third-order valence-corrected chi connectivity index (χ3v) is 3.89. The van der Waals surface area contributed by atoms with Gasteiger partial charge in [0.2, 0.25) is 0 Å². The van der Waals surface area contributed by atoms with Crippen LogP contribution in [0, 0.1) is 0 Å². The number of carboxylic acid groups (broad SMARTS) is 1. The summed E-state index contributed by atoms with van der Waals surface area (Å²) in [5, 5.41) is 9.35. The first kappa shape index (κ1) is 10.1. The molecule has 2 fully saturated rings. The largest absolute Gasteiger partial charge is 0.478 e. The third kappa shape index (κ3) is 1.38. The van der Waals surface area contributed by atoms with Crippen molar-refractivity contribution in [2.75, 3.05) is 0 Å². The summed E-state index contributed by atoms with van der Waals surface area (Å²) < 4.78 is 2.11. The highest BCUT2D eigenvalue weighted by Crippen LogP contribution is 2.45. The number of nitrogens with zero attached hydrogens (tertiary/aromatic N) is 2. The maximum absolute atomic E-state index is 11.4. The number of pyridine rings is 1. The first-order valence-corrected chi connectivity index (χ1v) is 6.49. The highest BCUT2D eigenvalue weighted by Gasteiger charge is 2.34. The lowest BCUT2D eigenvalue weighted by molar-refractivity contribution is 0.0695. The minimum Gasteiger partial charge on any atom is -0.478 e. The molecule has 2 aromatic rings. The molecular formula is C14H14N2O2. The van der Waals surface area contributed by atoms with E-state index in [0.29, 0.717) is 17.4 Å². The normalized spacial score (nSPS) is 19.3. The van der Waals surface area contributed by atoms with E-state index in [0.717, 1.165) is 29.9 Å². The summed E-state index contributed by atoms with van der Waals surface area (Å²) >= 11 is 0. The number of aromatic carboxylic acids is 1. The van der Waals surface area contributed by atoms with E-state index >= 15 is 0 Å². The fourth-order valence-corrected chi connectivity index (χ4v) is 2.70. The zero-order valence-corrected chi connectivity index (χ0v) is 9.97. The molecule has 0 aliphatic heterocycles. The van der Waals surface area contributed by atoms with Crippen molar-refractivity contribution in [3.05, 3.63) is 35.4 Å². The molecule has 4 rings (SSSR count). The molecule has 0 saturated heterocycles. The lowest BCUT2D eigenvalue weighted by Gasteiger charge is -2.11. The number of hydrogen-bond acceptors (Lipinski definition) is 2. The van der Waals surface area contributed by atoms with Crippen molar-refractivity contribution < 1.29 is 9.90 Å². The second kappa shape index (κ2) is 3.34. The molecule has 2 aromatic heterocycles. The molecule has 0 aromatic carbocycles. The topological polar surface area (TPSA) is 54.6 Å². The van der Waals surface area contributed by atoms with Crippen molar-refractivity contribution in [1.29, 1.82) is 0 Å². The summed E-state index contributed by atoms with van der Waals surface area (Å²) in [5.41, 5.74) is 2.45. The number of fused-ring (bicyclic) bond motifs is 1. The Hall–Kier alpha value is -1.84. The number of rotatable bonds is 3.